The van der Waals surface area contributed by atoms with Crippen LogP contribution in [-0.4, -0.2) is 28.8 Å². The number of benzene rings is 1. The minimum Gasteiger partial charge on any atom is -0.481 e. The first-order chi connectivity index (χ1) is 9.30. The van der Waals surface area contributed by atoms with E-state index in [0.29, 0.717) is 5.56 Å². The third-order valence-corrected chi connectivity index (χ3v) is 4.34. The van der Waals surface area contributed by atoms with E-state index in [9.17, 15) is 9.59 Å². The highest BCUT2D eigenvalue weighted by molar-refractivity contribution is 7.98. The molecule has 0 saturated heterocycles. The van der Waals surface area contributed by atoms with E-state index in [0.717, 1.165) is 4.90 Å². The quantitative estimate of drug-likeness (QED) is 0.792. The van der Waals surface area contributed by atoms with Gasteiger partial charge in [-0.1, -0.05) is 26.0 Å². The third-order valence-electron chi connectivity index (χ3n) is 3.54. The van der Waals surface area contributed by atoms with Gasteiger partial charge in [0.15, 0.2) is 0 Å². The molecule has 0 saturated carbocycles. The molecule has 20 heavy (non-hydrogen) atoms. The molecule has 0 aliphatic heterocycles. The molecule has 0 aliphatic carbocycles. The molecule has 1 rings (SSSR count). The Morgan fingerprint density at radius 2 is 1.95 bits per heavy atom. The zero-order valence-corrected chi connectivity index (χ0v) is 13.1. The van der Waals surface area contributed by atoms with Crippen molar-refractivity contribution in [2.24, 2.45) is 5.92 Å². The van der Waals surface area contributed by atoms with Gasteiger partial charge in [0.1, 0.15) is 0 Å². The lowest BCUT2D eigenvalue weighted by molar-refractivity contribution is -0.138. The predicted molar refractivity (Wildman–Crippen MR) is 81.2 cm³/mol. The van der Waals surface area contributed by atoms with E-state index >= 15 is 0 Å². The predicted octanol–water partition coefficient (Wildman–Crippen LogP) is 3.03. The van der Waals surface area contributed by atoms with Crippen molar-refractivity contribution in [1.29, 1.82) is 0 Å². The Labute approximate surface area is 124 Å². The first-order valence-corrected chi connectivity index (χ1v) is 7.70. The second-order valence-electron chi connectivity index (χ2n) is 5.30. The number of hydrogen-bond donors (Lipinski definition) is 2. The summed E-state index contributed by atoms with van der Waals surface area (Å²) >= 11 is 1.49. The molecule has 0 spiro atoms. The molecule has 1 atom stereocenters. The van der Waals surface area contributed by atoms with Gasteiger partial charge in [-0.2, -0.15) is 0 Å². The van der Waals surface area contributed by atoms with Gasteiger partial charge in [-0.15, -0.1) is 11.8 Å². The first-order valence-electron chi connectivity index (χ1n) is 6.47. The van der Waals surface area contributed by atoms with Crippen molar-refractivity contribution < 1.29 is 14.7 Å². The lowest BCUT2D eigenvalue weighted by Gasteiger charge is -2.33. The van der Waals surface area contributed by atoms with E-state index in [1.807, 2.05) is 32.2 Å². The van der Waals surface area contributed by atoms with Gasteiger partial charge in [-0.3, -0.25) is 9.59 Å². The molecule has 0 radical (unpaired) electrons. The summed E-state index contributed by atoms with van der Waals surface area (Å²) in [6.45, 7) is 5.58. The van der Waals surface area contributed by atoms with Crippen LogP contribution in [0.2, 0.25) is 0 Å². The van der Waals surface area contributed by atoms with E-state index in [1.54, 1.807) is 19.1 Å². The molecule has 110 valence electrons. The van der Waals surface area contributed by atoms with Crippen molar-refractivity contribution in [2.45, 2.75) is 37.6 Å². The smallest absolute Gasteiger partial charge is 0.305 e. The van der Waals surface area contributed by atoms with Crippen LogP contribution in [0.1, 0.15) is 37.6 Å². The van der Waals surface area contributed by atoms with Crippen molar-refractivity contribution in [2.75, 3.05) is 6.26 Å². The van der Waals surface area contributed by atoms with Crippen molar-refractivity contribution in [1.82, 2.24) is 5.32 Å². The van der Waals surface area contributed by atoms with Gasteiger partial charge in [0.05, 0.1) is 17.5 Å². The second-order valence-corrected chi connectivity index (χ2v) is 6.15. The summed E-state index contributed by atoms with van der Waals surface area (Å²) in [7, 11) is 0. The molecule has 0 bridgehead atoms. The zero-order valence-electron chi connectivity index (χ0n) is 12.3. The van der Waals surface area contributed by atoms with Crippen LogP contribution in [0.4, 0.5) is 0 Å². The van der Waals surface area contributed by atoms with Crippen LogP contribution in [0.15, 0.2) is 29.2 Å². The van der Waals surface area contributed by atoms with Crippen LogP contribution in [0.3, 0.4) is 0 Å². The fourth-order valence-corrected chi connectivity index (χ4v) is 2.46. The molecule has 0 aliphatic rings. The summed E-state index contributed by atoms with van der Waals surface area (Å²) in [4.78, 5) is 24.3. The number of carboxylic acid groups (broad SMARTS) is 1. The maximum Gasteiger partial charge on any atom is 0.305 e. The van der Waals surface area contributed by atoms with Crippen LogP contribution in [0, 0.1) is 5.92 Å². The fraction of sp³-hybridized carbons (Fsp3) is 0.467. The summed E-state index contributed by atoms with van der Waals surface area (Å²) in [5, 5.41) is 11.9. The molecule has 1 unspecified atom stereocenters. The summed E-state index contributed by atoms with van der Waals surface area (Å²) in [5.74, 6) is -1.13. The van der Waals surface area contributed by atoms with Crippen molar-refractivity contribution in [3.8, 4) is 0 Å². The SMILES string of the molecule is CSc1ccccc1C(=O)NC(C)(CC(=O)O)C(C)C. The topological polar surface area (TPSA) is 66.4 Å². The normalized spacial score (nSPS) is 13.8. The average molecular weight is 295 g/mol. The highest BCUT2D eigenvalue weighted by Crippen LogP contribution is 2.24. The van der Waals surface area contributed by atoms with E-state index in [1.165, 1.54) is 11.8 Å². The number of carbonyl (C=O) groups is 2. The zero-order chi connectivity index (χ0) is 15.3. The molecule has 0 aromatic heterocycles. The van der Waals surface area contributed by atoms with Crippen LogP contribution in [0.25, 0.3) is 0 Å². The van der Waals surface area contributed by atoms with E-state index < -0.39 is 11.5 Å². The minimum atomic E-state index is -0.917. The van der Waals surface area contributed by atoms with Gasteiger partial charge in [0.2, 0.25) is 0 Å². The Morgan fingerprint density at radius 1 is 1.35 bits per heavy atom. The van der Waals surface area contributed by atoms with E-state index in [4.69, 9.17) is 5.11 Å². The Bertz CT molecular complexity index is 502. The molecular formula is C15H21NO3S. The van der Waals surface area contributed by atoms with Gasteiger partial charge in [0.25, 0.3) is 5.91 Å². The highest BCUT2D eigenvalue weighted by atomic mass is 32.2. The summed E-state index contributed by atoms with van der Waals surface area (Å²) < 4.78 is 0. The number of nitrogens with one attached hydrogen (secondary N) is 1. The van der Waals surface area contributed by atoms with Crippen LogP contribution in [0.5, 0.6) is 0 Å². The van der Waals surface area contributed by atoms with Crippen molar-refractivity contribution in [3.05, 3.63) is 29.8 Å². The Hall–Kier alpha value is -1.49. The molecule has 2 N–H and O–H groups in total. The number of amides is 1. The van der Waals surface area contributed by atoms with Crippen LogP contribution < -0.4 is 5.32 Å². The number of thioether (sulfide) groups is 1. The van der Waals surface area contributed by atoms with E-state index in [2.05, 4.69) is 5.32 Å². The van der Waals surface area contributed by atoms with Crippen LogP contribution in [-0.2, 0) is 4.79 Å². The monoisotopic (exact) mass is 295 g/mol. The minimum absolute atomic E-state index is 0.0176. The lowest BCUT2D eigenvalue weighted by atomic mass is 9.85. The molecule has 1 aromatic rings. The first kappa shape index (κ1) is 16.6. The Morgan fingerprint density at radius 3 is 2.45 bits per heavy atom. The molecule has 1 amide bonds. The molecule has 0 fully saturated rings. The largest absolute Gasteiger partial charge is 0.481 e. The van der Waals surface area contributed by atoms with Gasteiger partial charge < -0.3 is 10.4 Å². The molecule has 0 heterocycles. The van der Waals surface area contributed by atoms with Crippen molar-refractivity contribution >= 4 is 23.6 Å². The lowest BCUT2D eigenvalue weighted by Crippen LogP contribution is -2.51. The fourth-order valence-electron chi connectivity index (χ4n) is 1.87. The highest BCUT2D eigenvalue weighted by Gasteiger charge is 2.33. The van der Waals surface area contributed by atoms with Gasteiger partial charge in [0, 0.05) is 4.90 Å². The van der Waals surface area contributed by atoms with Crippen molar-refractivity contribution in [3.63, 3.8) is 0 Å². The number of rotatable bonds is 6. The van der Waals surface area contributed by atoms with Crippen LogP contribution >= 0.6 is 11.8 Å². The number of carbonyl (C=O) groups excluding carboxylic acids is 1. The maximum atomic E-state index is 12.4. The van der Waals surface area contributed by atoms with Gasteiger partial charge in [-0.05, 0) is 31.2 Å². The molecule has 4 nitrogen and oxygen atoms in total. The summed E-state index contributed by atoms with van der Waals surface area (Å²) in [6, 6.07) is 7.31. The summed E-state index contributed by atoms with van der Waals surface area (Å²) in [6.07, 6.45) is 1.81. The molecule has 1 aromatic carbocycles. The van der Waals surface area contributed by atoms with Gasteiger partial charge >= 0.3 is 5.97 Å². The summed E-state index contributed by atoms with van der Waals surface area (Å²) in [5.41, 5.74) is -0.189. The molecule has 5 heteroatoms. The second kappa shape index (κ2) is 6.79. The Balaban J connectivity index is 2.99. The standard InChI is InChI=1S/C15H21NO3S/c1-10(2)15(3,9-13(17)18)16-14(19)11-7-5-6-8-12(11)20-4/h5-8,10H,9H2,1-4H3,(H,16,19)(H,17,18). The van der Waals surface area contributed by atoms with E-state index in [-0.39, 0.29) is 18.2 Å². The molecular weight excluding hydrogens is 274 g/mol. The Kier molecular flexibility index (Phi) is 5.62. The maximum absolute atomic E-state index is 12.4. The average Bonchev–Trinajstić information content (AvgIpc) is 2.37. The number of carboxylic acids is 1. The third kappa shape index (κ3) is 4.00. The van der Waals surface area contributed by atoms with Gasteiger partial charge in [-0.25, -0.2) is 0 Å². The number of aliphatic carboxylic acids is 1. The number of hydrogen-bond acceptors (Lipinski definition) is 3.